The fraction of sp³-hybridized carbons (Fsp3) is 0.647. The highest BCUT2D eigenvalue weighted by molar-refractivity contribution is 6.37. The van der Waals surface area contributed by atoms with Gasteiger partial charge in [0, 0.05) is 18.9 Å². The van der Waals surface area contributed by atoms with Crippen molar-refractivity contribution < 1.29 is 33.6 Å². The van der Waals surface area contributed by atoms with Crippen LogP contribution in [0, 0.1) is 22.7 Å². The summed E-state index contributed by atoms with van der Waals surface area (Å²) >= 11 is 0. The van der Waals surface area contributed by atoms with Gasteiger partial charge in [-0.2, -0.15) is 0 Å². The van der Waals surface area contributed by atoms with Crippen molar-refractivity contribution in [2.45, 2.75) is 106 Å². The lowest BCUT2D eigenvalue weighted by molar-refractivity contribution is -0.144. The van der Waals surface area contributed by atoms with Crippen molar-refractivity contribution >= 4 is 41.4 Å². The highest BCUT2D eigenvalue weighted by atomic mass is 16.2. The third-order valence-electron chi connectivity index (χ3n) is 9.18. The van der Waals surface area contributed by atoms with Crippen LogP contribution in [-0.4, -0.2) is 93.4 Å². The smallest absolute Gasteiger partial charge is 0.315 e. The van der Waals surface area contributed by atoms with E-state index in [-0.39, 0.29) is 42.5 Å². The van der Waals surface area contributed by atoms with E-state index in [4.69, 9.17) is 5.73 Å². The number of Topliss-reactive ketones (excluding diaryl/α,β-unsaturated/α-hetero) is 1. The van der Waals surface area contributed by atoms with E-state index in [0.29, 0.717) is 12.8 Å². The molecule has 7 amide bonds. The number of carbonyl (C=O) groups excluding carboxylic acids is 7. The second kappa shape index (κ2) is 14.8. The van der Waals surface area contributed by atoms with E-state index in [1.807, 2.05) is 41.5 Å². The zero-order chi connectivity index (χ0) is 36.3. The van der Waals surface area contributed by atoms with Crippen molar-refractivity contribution in [2.75, 3.05) is 13.1 Å². The van der Waals surface area contributed by atoms with E-state index in [2.05, 4.69) is 20.9 Å². The molecule has 1 aromatic heterocycles. The SMILES string of the molecule is CCCC(NC(=O)[C@@H]1[C@@H](C(C)C)CCN1C(=O)[C@@H](NC(=O)N[C@H](CN1C(=O)c2ccncc2C1=O)C(C)(C)C)C(C)(C)C)C(=O)C(N)=O. The minimum absolute atomic E-state index is 0.00448. The third kappa shape index (κ3) is 8.37. The molecule has 0 aromatic carbocycles. The number of urea groups is 1. The van der Waals surface area contributed by atoms with Crippen LogP contribution in [-0.2, 0) is 19.2 Å². The number of aromatic nitrogens is 1. The first kappa shape index (κ1) is 38.1. The quantitative estimate of drug-likeness (QED) is 0.191. The Kier molecular flexibility index (Phi) is 11.8. The van der Waals surface area contributed by atoms with Gasteiger partial charge in [-0.25, -0.2) is 4.79 Å². The molecule has 5 N–H and O–H groups in total. The first-order valence-corrected chi connectivity index (χ1v) is 16.5. The Bertz CT molecular complexity index is 1410. The molecule has 0 spiro atoms. The molecule has 1 saturated heterocycles. The Labute approximate surface area is 282 Å². The number of primary amides is 1. The van der Waals surface area contributed by atoms with E-state index in [1.54, 1.807) is 20.8 Å². The molecule has 0 aliphatic carbocycles. The van der Waals surface area contributed by atoms with Gasteiger partial charge in [-0.15, -0.1) is 0 Å². The molecule has 1 unspecified atom stereocenters. The number of fused-ring (bicyclic) bond motifs is 1. The van der Waals surface area contributed by atoms with Gasteiger partial charge in [-0.1, -0.05) is 68.7 Å². The summed E-state index contributed by atoms with van der Waals surface area (Å²) in [4.78, 5) is 98.4. The Balaban J connectivity index is 1.84. The van der Waals surface area contributed by atoms with Crippen LogP contribution < -0.4 is 21.7 Å². The molecule has 2 aliphatic rings. The van der Waals surface area contributed by atoms with Crippen LogP contribution in [0.2, 0.25) is 0 Å². The Morgan fingerprint density at radius 2 is 1.58 bits per heavy atom. The minimum Gasteiger partial charge on any atom is -0.363 e. The average Bonchev–Trinajstić information content (AvgIpc) is 3.54. The van der Waals surface area contributed by atoms with Crippen molar-refractivity contribution in [1.82, 2.24) is 30.7 Å². The van der Waals surface area contributed by atoms with E-state index in [9.17, 15) is 33.6 Å². The minimum atomic E-state index is -1.15. The summed E-state index contributed by atoms with van der Waals surface area (Å²) in [5.74, 6) is -4.31. The maximum atomic E-state index is 14.3. The summed E-state index contributed by atoms with van der Waals surface area (Å²) in [6.45, 7) is 16.8. The monoisotopic (exact) mass is 669 g/mol. The first-order chi connectivity index (χ1) is 22.2. The number of carbonyl (C=O) groups is 7. The summed E-state index contributed by atoms with van der Waals surface area (Å²) in [5, 5.41) is 8.37. The summed E-state index contributed by atoms with van der Waals surface area (Å²) in [6, 6.07) is -3.03. The number of ketones is 1. The number of pyridine rings is 1. The molecule has 5 atom stereocenters. The topological polar surface area (TPSA) is 201 Å². The lowest BCUT2D eigenvalue weighted by Gasteiger charge is -2.38. The largest absolute Gasteiger partial charge is 0.363 e. The van der Waals surface area contributed by atoms with Gasteiger partial charge in [0.15, 0.2) is 0 Å². The number of nitrogens with two attached hydrogens (primary N) is 1. The fourth-order valence-electron chi connectivity index (χ4n) is 6.25. The van der Waals surface area contributed by atoms with Crippen LogP contribution in [0.1, 0.15) is 102 Å². The number of likely N-dealkylation sites (tertiary alicyclic amines) is 1. The number of rotatable bonds is 12. The number of nitrogens with one attached hydrogen (secondary N) is 3. The van der Waals surface area contributed by atoms with E-state index < -0.39 is 76.3 Å². The Hall–Kier alpha value is -4.36. The number of amides is 7. The van der Waals surface area contributed by atoms with Crippen molar-refractivity contribution in [2.24, 2.45) is 28.4 Å². The van der Waals surface area contributed by atoms with E-state index >= 15 is 0 Å². The number of hydrogen-bond donors (Lipinski definition) is 4. The highest BCUT2D eigenvalue weighted by Gasteiger charge is 2.48. The summed E-state index contributed by atoms with van der Waals surface area (Å²) in [7, 11) is 0. The molecular formula is C34H51N7O7. The van der Waals surface area contributed by atoms with Crippen LogP contribution in [0.15, 0.2) is 18.5 Å². The summed E-state index contributed by atoms with van der Waals surface area (Å²) in [5.41, 5.74) is 4.27. The summed E-state index contributed by atoms with van der Waals surface area (Å²) < 4.78 is 0. The second-order valence-corrected chi connectivity index (χ2v) is 15.2. The zero-order valence-corrected chi connectivity index (χ0v) is 29.5. The number of nitrogens with zero attached hydrogens (tertiary/aromatic N) is 3. The maximum Gasteiger partial charge on any atom is 0.315 e. The normalized spacial score (nSPS) is 19.9. The van der Waals surface area contributed by atoms with Crippen LogP contribution in [0.3, 0.4) is 0 Å². The van der Waals surface area contributed by atoms with Crippen molar-refractivity contribution in [3.05, 3.63) is 29.6 Å². The Morgan fingerprint density at radius 1 is 0.958 bits per heavy atom. The predicted molar refractivity (Wildman–Crippen MR) is 177 cm³/mol. The standard InChI is InChI=1S/C34H51N7O7/c1-10-11-22(25(42)27(35)43)37-28(44)24-19(18(2)3)13-15-40(24)31(47)26(34(7,8)9)39-32(48)38-23(33(4,5)6)17-41-29(45)20-12-14-36-16-21(20)30(41)46/h12,14,16,18-19,22-24,26H,10-11,13,15,17H2,1-9H3,(H2,35,43)(H,37,44)(H2,38,39,48)/t19-,22?,23-,24+,26-/m1/s1. The van der Waals surface area contributed by atoms with Crippen LogP contribution in [0.5, 0.6) is 0 Å². The van der Waals surface area contributed by atoms with Crippen LogP contribution >= 0.6 is 0 Å². The van der Waals surface area contributed by atoms with Crippen LogP contribution in [0.4, 0.5) is 4.79 Å². The van der Waals surface area contributed by atoms with Crippen molar-refractivity contribution in [1.29, 1.82) is 0 Å². The molecule has 14 nitrogen and oxygen atoms in total. The van der Waals surface area contributed by atoms with E-state index in [1.165, 1.54) is 23.4 Å². The second-order valence-electron chi connectivity index (χ2n) is 15.2. The van der Waals surface area contributed by atoms with Gasteiger partial charge in [0.25, 0.3) is 17.7 Å². The van der Waals surface area contributed by atoms with Gasteiger partial charge >= 0.3 is 6.03 Å². The maximum absolute atomic E-state index is 14.3. The van der Waals surface area contributed by atoms with Gasteiger partial charge in [0.1, 0.15) is 12.1 Å². The fourth-order valence-corrected chi connectivity index (χ4v) is 6.25. The molecule has 0 radical (unpaired) electrons. The summed E-state index contributed by atoms with van der Waals surface area (Å²) in [6.07, 6.45) is 4.02. The van der Waals surface area contributed by atoms with E-state index in [0.717, 1.165) is 4.90 Å². The van der Waals surface area contributed by atoms with Gasteiger partial charge in [0.05, 0.1) is 29.8 Å². The van der Waals surface area contributed by atoms with Crippen LogP contribution in [0.25, 0.3) is 0 Å². The molecule has 3 rings (SSSR count). The number of imide groups is 1. The first-order valence-electron chi connectivity index (χ1n) is 16.5. The van der Waals surface area contributed by atoms with Gasteiger partial charge in [-0.05, 0) is 41.6 Å². The Morgan fingerprint density at radius 3 is 2.10 bits per heavy atom. The zero-order valence-electron chi connectivity index (χ0n) is 29.5. The van der Waals surface area contributed by atoms with Gasteiger partial charge in [0.2, 0.25) is 17.6 Å². The lowest BCUT2D eigenvalue weighted by atomic mass is 9.84. The van der Waals surface area contributed by atoms with Gasteiger partial charge < -0.3 is 26.6 Å². The molecule has 1 aromatic rings. The molecular weight excluding hydrogens is 618 g/mol. The molecule has 14 heteroatoms. The molecule has 0 saturated carbocycles. The third-order valence-corrected chi connectivity index (χ3v) is 9.18. The molecule has 3 heterocycles. The molecule has 0 bridgehead atoms. The molecule has 1 fully saturated rings. The lowest BCUT2D eigenvalue weighted by Crippen LogP contribution is -2.62. The highest BCUT2D eigenvalue weighted by Crippen LogP contribution is 2.34. The molecule has 2 aliphatic heterocycles. The van der Waals surface area contributed by atoms with Gasteiger partial charge in [-0.3, -0.25) is 38.7 Å². The predicted octanol–water partition coefficient (Wildman–Crippen LogP) is 2.02. The van der Waals surface area contributed by atoms with Crippen molar-refractivity contribution in [3.8, 4) is 0 Å². The average molecular weight is 670 g/mol. The number of hydrogen-bond acceptors (Lipinski definition) is 8. The molecule has 264 valence electrons. The molecule has 48 heavy (non-hydrogen) atoms. The van der Waals surface area contributed by atoms with Crippen molar-refractivity contribution in [3.63, 3.8) is 0 Å².